The summed E-state index contributed by atoms with van der Waals surface area (Å²) in [6.45, 7) is 4.79. The van der Waals surface area contributed by atoms with Crippen LogP contribution in [0.25, 0.3) is 0 Å². The minimum absolute atomic E-state index is 0.537. The maximum atomic E-state index is 5.91. The van der Waals surface area contributed by atoms with Crippen molar-refractivity contribution in [3.63, 3.8) is 0 Å². The van der Waals surface area contributed by atoms with Crippen LogP contribution >= 0.6 is 22.9 Å². The molecule has 0 aliphatic heterocycles. The summed E-state index contributed by atoms with van der Waals surface area (Å²) in [6, 6.07) is 3.89. The number of nitrogens with one attached hydrogen (secondary N) is 1. The van der Waals surface area contributed by atoms with Crippen molar-refractivity contribution in [2.24, 2.45) is 0 Å². The maximum absolute atomic E-state index is 5.91. The Morgan fingerprint density at radius 2 is 2.24 bits per heavy atom. The van der Waals surface area contributed by atoms with Gasteiger partial charge in [-0.05, 0) is 31.0 Å². The van der Waals surface area contributed by atoms with Crippen molar-refractivity contribution in [2.45, 2.75) is 26.8 Å². The highest BCUT2D eigenvalue weighted by molar-refractivity contribution is 7.15. The van der Waals surface area contributed by atoms with Crippen LogP contribution in [0.15, 0.2) is 18.3 Å². The number of hydrogen-bond donors (Lipinski definition) is 1. The number of aromatic nitrogens is 2. The normalized spacial score (nSPS) is 10.5. The lowest BCUT2D eigenvalue weighted by molar-refractivity contribution is 1.09. The molecule has 0 aliphatic rings. The zero-order chi connectivity index (χ0) is 12.3. The number of hydrogen-bond acceptors (Lipinski definition) is 4. The minimum Gasteiger partial charge on any atom is -0.357 e. The van der Waals surface area contributed by atoms with E-state index in [4.69, 9.17) is 11.6 Å². The van der Waals surface area contributed by atoms with Gasteiger partial charge in [-0.25, -0.2) is 9.97 Å². The molecule has 0 unspecified atom stereocenters. The topological polar surface area (TPSA) is 37.8 Å². The molecule has 0 spiro atoms. The fraction of sp³-hybridized carbons (Fsp3) is 0.333. The van der Waals surface area contributed by atoms with Crippen LogP contribution in [0.5, 0.6) is 0 Å². The lowest BCUT2D eigenvalue weighted by atomic mass is 10.2. The second kappa shape index (κ2) is 5.47. The largest absolute Gasteiger partial charge is 0.357 e. The van der Waals surface area contributed by atoms with E-state index in [1.807, 2.05) is 25.3 Å². The average molecular weight is 268 g/mol. The van der Waals surface area contributed by atoms with E-state index in [9.17, 15) is 0 Å². The predicted molar refractivity (Wildman–Crippen MR) is 72.8 cm³/mol. The monoisotopic (exact) mass is 267 g/mol. The van der Waals surface area contributed by atoms with Gasteiger partial charge in [-0.15, -0.1) is 11.3 Å². The number of anilines is 1. The van der Waals surface area contributed by atoms with Gasteiger partial charge >= 0.3 is 0 Å². The molecule has 0 fully saturated rings. The number of aryl methyl sites for hydroxylation is 2. The quantitative estimate of drug-likeness (QED) is 0.859. The molecule has 3 nitrogen and oxygen atoms in total. The van der Waals surface area contributed by atoms with Gasteiger partial charge in [0.1, 0.15) is 5.15 Å². The first-order chi connectivity index (χ1) is 8.17. The Bertz CT molecular complexity index is 490. The van der Waals surface area contributed by atoms with E-state index in [-0.39, 0.29) is 0 Å². The SMILES string of the molecule is CCc1cnc(NCc2cc(C)nc(Cl)c2)s1. The predicted octanol–water partition coefficient (Wildman–Crippen LogP) is 3.67. The standard InChI is InChI=1S/C12H14ClN3S/c1-3-10-7-15-12(17-10)14-6-9-4-8(2)16-11(13)5-9/h4-5,7H,3,6H2,1-2H3,(H,14,15). The van der Waals surface area contributed by atoms with Gasteiger partial charge in [0.05, 0.1) is 0 Å². The van der Waals surface area contributed by atoms with Crippen molar-refractivity contribution in [3.05, 3.63) is 39.6 Å². The summed E-state index contributed by atoms with van der Waals surface area (Å²) < 4.78 is 0. The number of halogens is 1. The molecule has 17 heavy (non-hydrogen) atoms. The highest BCUT2D eigenvalue weighted by Crippen LogP contribution is 2.19. The molecule has 0 radical (unpaired) electrons. The third kappa shape index (κ3) is 3.41. The Labute approximate surface area is 110 Å². The van der Waals surface area contributed by atoms with Crippen LogP contribution in [0.3, 0.4) is 0 Å². The molecule has 5 heteroatoms. The van der Waals surface area contributed by atoms with E-state index >= 15 is 0 Å². The lowest BCUT2D eigenvalue weighted by Gasteiger charge is -2.04. The molecule has 90 valence electrons. The molecule has 2 aromatic heterocycles. The number of nitrogens with zero attached hydrogens (tertiary/aromatic N) is 2. The van der Waals surface area contributed by atoms with E-state index < -0.39 is 0 Å². The van der Waals surface area contributed by atoms with E-state index in [2.05, 4.69) is 22.2 Å². The Morgan fingerprint density at radius 3 is 2.88 bits per heavy atom. The van der Waals surface area contributed by atoms with Crippen LogP contribution in [0, 0.1) is 6.92 Å². The van der Waals surface area contributed by atoms with Crippen molar-refractivity contribution in [3.8, 4) is 0 Å². The van der Waals surface area contributed by atoms with E-state index in [1.165, 1.54) is 4.88 Å². The first-order valence-corrected chi connectivity index (χ1v) is 6.68. The lowest BCUT2D eigenvalue weighted by Crippen LogP contribution is -1.99. The molecule has 0 aliphatic carbocycles. The van der Waals surface area contributed by atoms with Crippen molar-refractivity contribution >= 4 is 28.1 Å². The van der Waals surface area contributed by atoms with E-state index in [0.717, 1.165) is 29.4 Å². The Kier molecular flexibility index (Phi) is 3.97. The number of rotatable bonds is 4. The molecule has 1 N–H and O–H groups in total. The molecule has 2 heterocycles. The molecule has 0 aromatic carbocycles. The Hall–Kier alpha value is -1.13. The van der Waals surface area contributed by atoms with Crippen molar-refractivity contribution in [1.29, 1.82) is 0 Å². The third-order valence-electron chi connectivity index (χ3n) is 2.33. The van der Waals surface area contributed by atoms with Gasteiger partial charge in [-0.2, -0.15) is 0 Å². The molecule has 0 saturated carbocycles. The van der Waals surface area contributed by atoms with Gasteiger partial charge in [0.25, 0.3) is 0 Å². The summed E-state index contributed by atoms with van der Waals surface area (Å²) in [5.74, 6) is 0. The van der Waals surface area contributed by atoms with Gasteiger partial charge in [-0.3, -0.25) is 0 Å². The van der Waals surface area contributed by atoms with Gasteiger partial charge in [-0.1, -0.05) is 18.5 Å². The fourth-order valence-electron chi connectivity index (χ4n) is 1.53. The first-order valence-electron chi connectivity index (χ1n) is 5.49. The summed E-state index contributed by atoms with van der Waals surface area (Å²) in [5.41, 5.74) is 2.05. The molecule has 2 aromatic rings. The Balaban J connectivity index is 2.01. The molecular formula is C12H14ClN3S. The summed E-state index contributed by atoms with van der Waals surface area (Å²) >= 11 is 7.60. The third-order valence-corrected chi connectivity index (χ3v) is 3.62. The van der Waals surface area contributed by atoms with Gasteiger partial charge in [0.2, 0.25) is 0 Å². The summed E-state index contributed by atoms with van der Waals surface area (Å²) in [6.07, 6.45) is 2.94. The number of thiazole rings is 1. The first kappa shape index (κ1) is 12.3. The van der Waals surface area contributed by atoms with E-state index in [1.54, 1.807) is 11.3 Å². The van der Waals surface area contributed by atoms with Crippen LogP contribution in [-0.4, -0.2) is 9.97 Å². The highest BCUT2D eigenvalue weighted by atomic mass is 35.5. The van der Waals surface area contributed by atoms with Gasteiger partial charge in [0, 0.05) is 23.3 Å². The summed E-state index contributed by atoms with van der Waals surface area (Å²) in [5, 5.41) is 4.78. The molecule has 0 amide bonds. The summed E-state index contributed by atoms with van der Waals surface area (Å²) in [4.78, 5) is 9.73. The van der Waals surface area contributed by atoms with Crippen LogP contribution in [-0.2, 0) is 13.0 Å². The van der Waals surface area contributed by atoms with Crippen LogP contribution in [0.4, 0.5) is 5.13 Å². The van der Waals surface area contributed by atoms with Crippen molar-refractivity contribution in [1.82, 2.24) is 9.97 Å². The van der Waals surface area contributed by atoms with Gasteiger partial charge in [0.15, 0.2) is 5.13 Å². The maximum Gasteiger partial charge on any atom is 0.183 e. The Morgan fingerprint density at radius 1 is 1.41 bits per heavy atom. The van der Waals surface area contributed by atoms with Crippen LogP contribution < -0.4 is 5.32 Å². The van der Waals surface area contributed by atoms with Crippen molar-refractivity contribution in [2.75, 3.05) is 5.32 Å². The summed E-state index contributed by atoms with van der Waals surface area (Å²) in [7, 11) is 0. The molecule has 0 saturated heterocycles. The zero-order valence-corrected chi connectivity index (χ0v) is 11.4. The van der Waals surface area contributed by atoms with Crippen LogP contribution in [0.2, 0.25) is 5.15 Å². The molecular weight excluding hydrogens is 254 g/mol. The van der Waals surface area contributed by atoms with Crippen LogP contribution in [0.1, 0.15) is 23.1 Å². The minimum atomic E-state index is 0.537. The second-order valence-electron chi connectivity index (χ2n) is 3.78. The van der Waals surface area contributed by atoms with Crippen molar-refractivity contribution < 1.29 is 0 Å². The highest BCUT2D eigenvalue weighted by Gasteiger charge is 2.02. The molecule has 0 atom stereocenters. The van der Waals surface area contributed by atoms with E-state index in [0.29, 0.717) is 5.15 Å². The molecule has 0 bridgehead atoms. The zero-order valence-electron chi connectivity index (χ0n) is 9.83. The molecule has 2 rings (SSSR count). The van der Waals surface area contributed by atoms with Gasteiger partial charge < -0.3 is 5.32 Å². The fourth-order valence-corrected chi connectivity index (χ4v) is 2.55. The average Bonchev–Trinajstić information content (AvgIpc) is 2.73. The smallest absolute Gasteiger partial charge is 0.183 e. The second-order valence-corrected chi connectivity index (χ2v) is 5.28. The number of pyridine rings is 1.